The van der Waals surface area contributed by atoms with Crippen molar-refractivity contribution in [2.75, 3.05) is 6.54 Å². The number of thiophene rings is 1. The summed E-state index contributed by atoms with van der Waals surface area (Å²) in [7, 11) is -3.58. The maximum Gasteiger partial charge on any atom is 0.261 e. The summed E-state index contributed by atoms with van der Waals surface area (Å²) in [6, 6.07) is 6.92. The largest absolute Gasteiger partial charge is 0.297 e. The molecule has 0 aliphatic heterocycles. The van der Waals surface area contributed by atoms with Gasteiger partial charge < -0.3 is 0 Å². The van der Waals surface area contributed by atoms with E-state index in [0.717, 1.165) is 17.4 Å². The zero-order valence-electron chi connectivity index (χ0n) is 11.8. The summed E-state index contributed by atoms with van der Waals surface area (Å²) >= 11 is 1.11. The van der Waals surface area contributed by atoms with Crippen molar-refractivity contribution in [3.63, 3.8) is 0 Å². The average molecular weight is 353 g/mol. The third-order valence-corrected chi connectivity index (χ3v) is 6.05. The number of hydrogen-bond donors (Lipinski definition) is 1. The number of aromatic nitrogens is 2. The Labute approximate surface area is 135 Å². The van der Waals surface area contributed by atoms with Gasteiger partial charge in [0, 0.05) is 13.1 Å². The Morgan fingerprint density at radius 2 is 2.13 bits per heavy atom. The molecule has 2 aromatic heterocycles. The predicted molar refractivity (Wildman–Crippen MR) is 85.5 cm³/mol. The minimum atomic E-state index is -3.58. The number of nitrogens with zero attached hydrogens (tertiary/aromatic N) is 2. The number of nitrogens with one attached hydrogen (secondary N) is 1. The lowest BCUT2D eigenvalue weighted by Crippen LogP contribution is -2.30. The second-order valence-corrected chi connectivity index (χ2v) is 7.68. The fraction of sp³-hybridized carbons (Fsp3) is 0.143. The van der Waals surface area contributed by atoms with E-state index < -0.39 is 21.4 Å². The molecule has 23 heavy (non-hydrogen) atoms. The first kappa shape index (κ1) is 15.8. The SMILES string of the molecule is O=c1c2cc(F)ccc2ncn1CCNS(=O)(=O)c1cccs1. The highest BCUT2D eigenvalue weighted by Crippen LogP contribution is 2.15. The van der Waals surface area contributed by atoms with Gasteiger partial charge >= 0.3 is 0 Å². The molecule has 9 heteroatoms. The van der Waals surface area contributed by atoms with E-state index in [4.69, 9.17) is 0 Å². The fourth-order valence-electron chi connectivity index (χ4n) is 2.08. The molecule has 0 radical (unpaired) electrons. The van der Waals surface area contributed by atoms with Crippen LogP contribution in [0, 0.1) is 5.82 Å². The van der Waals surface area contributed by atoms with Crippen LogP contribution in [0.1, 0.15) is 0 Å². The monoisotopic (exact) mass is 353 g/mol. The van der Waals surface area contributed by atoms with E-state index in [1.165, 1.54) is 29.1 Å². The van der Waals surface area contributed by atoms with Crippen molar-refractivity contribution >= 4 is 32.3 Å². The zero-order chi connectivity index (χ0) is 16.4. The van der Waals surface area contributed by atoms with E-state index in [1.54, 1.807) is 11.4 Å². The Kier molecular flexibility index (Phi) is 4.24. The Morgan fingerprint density at radius 3 is 2.87 bits per heavy atom. The van der Waals surface area contributed by atoms with Crippen LogP contribution in [-0.4, -0.2) is 24.5 Å². The maximum absolute atomic E-state index is 13.2. The van der Waals surface area contributed by atoms with Crippen LogP contribution in [0.15, 0.2) is 51.0 Å². The topological polar surface area (TPSA) is 81.1 Å². The van der Waals surface area contributed by atoms with Crippen LogP contribution < -0.4 is 10.3 Å². The van der Waals surface area contributed by atoms with Gasteiger partial charge in [0.25, 0.3) is 5.56 Å². The number of hydrogen-bond acceptors (Lipinski definition) is 5. The van der Waals surface area contributed by atoms with E-state index in [0.29, 0.717) is 5.52 Å². The Hall–Kier alpha value is -2.10. The molecular formula is C14H12FN3O3S2. The summed E-state index contributed by atoms with van der Waals surface area (Å²) < 4.78 is 41.1. The standard InChI is InChI=1S/C14H12FN3O3S2/c15-10-3-4-12-11(8-10)14(19)18(9-16-12)6-5-17-23(20,21)13-2-1-7-22-13/h1-4,7-9,17H,5-6H2. The van der Waals surface area contributed by atoms with Crippen molar-refractivity contribution in [2.45, 2.75) is 10.8 Å². The van der Waals surface area contributed by atoms with Gasteiger partial charge in [0.1, 0.15) is 10.0 Å². The van der Waals surface area contributed by atoms with E-state index in [9.17, 15) is 17.6 Å². The Balaban J connectivity index is 1.78. The summed E-state index contributed by atoms with van der Waals surface area (Å²) in [4.78, 5) is 16.3. The third kappa shape index (κ3) is 3.31. The van der Waals surface area contributed by atoms with Gasteiger partial charge in [-0.05, 0) is 29.6 Å². The van der Waals surface area contributed by atoms with Crippen LogP contribution in [0.4, 0.5) is 4.39 Å². The summed E-state index contributed by atoms with van der Waals surface area (Å²) in [5, 5.41) is 1.83. The molecule has 0 atom stereocenters. The van der Waals surface area contributed by atoms with Gasteiger partial charge in [-0.15, -0.1) is 11.3 Å². The lowest BCUT2D eigenvalue weighted by atomic mass is 10.2. The number of halogens is 1. The van der Waals surface area contributed by atoms with E-state index in [1.807, 2.05) is 0 Å². The molecule has 0 bridgehead atoms. The van der Waals surface area contributed by atoms with Gasteiger partial charge in [-0.2, -0.15) is 0 Å². The molecule has 1 aromatic carbocycles. The van der Waals surface area contributed by atoms with Gasteiger partial charge in [0.05, 0.1) is 17.2 Å². The molecule has 0 saturated carbocycles. The smallest absolute Gasteiger partial charge is 0.261 e. The second kappa shape index (κ2) is 6.19. The van der Waals surface area contributed by atoms with Gasteiger partial charge in [0.2, 0.25) is 10.0 Å². The van der Waals surface area contributed by atoms with Crippen LogP contribution in [0.2, 0.25) is 0 Å². The molecule has 0 fully saturated rings. The quantitative estimate of drug-likeness (QED) is 0.755. The summed E-state index contributed by atoms with van der Waals surface area (Å²) in [5.74, 6) is -0.521. The van der Waals surface area contributed by atoms with Crippen LogP contribution >= 0.6 is 11.3 Å². The van der Waals surface area contributed by atoms with Gasteiger partial charge in [-0.3, -0.25) is 9.36 Å². The first-order valence-electron chi connectivity index (χ1n) is 6.65. The van der Waals surface area contributed by atoms with E-state index >= 15 is 0 Å². The number of rotatable bonds is 5. The highest BCUT2D eigenvalue weighted by Gasteiger charge is 2.14. The van der Waals surface area contributed by atoms with Crippen molar-refractivity contribution in [3.05, 3.63) is 58.2 Å². The van der Waals surface area contributed by atoms with Crippen LogP contribution in [0.5, 0.6) is 0 Å². The Morgan fingerprint density at radius 1 is 1.30 bits per heavy atom. The summed E-state index contributed by atoms with van der Waals surface area (Å²) in [5.41, 5.74) is -0.0170. The van der Waals surface area contributed by atoms with Crippen molar-refractivity contribution in [1.29, 1.82) is 0 Å². The number of benzene rings is 1. The molecular weight excluding hydrogens is 341 g/mol. The molecule has 120 valence electrons. The van der Waals surface area contributed by atoms with Crippen LogP contribution in [-0.2, 0) is 16.6 Å². The molecule has 3 rings (SSSR count). The Bertz CT molecular complexity index is 998. The van der Waals surface area contributed by atoms with E-state index in [-0.39, 0.29) is 22.7 Å². The fourth-order valence-corrected chi connectivity index (χ4v) is 4.14. The van der Waals surface area contributed by atoms with Crippen molar-refractivity contribution in [1.82, 2.24) is 14.3 Å². The number of fused-ring (bicyclic) bond motifs is 1. The minimum absolute atomic E-state index is 0.0304. The summed E-state index contributed by atoms with van der Waals surface area (Å²) in [6.45, 7) is 0.130. The van der Waals surface area contributed by atoms with E-state index in [2.05, 4.69) is 9.71 Å². The van der Waals surface area contributed by atoms with Crippen LogP contribution in [0.25, 0.3) is 10.9 Å². The third-order valence-electron chi connectivity index (χ3n) is 3.19. The highest BCUT2D eigenvalue weighted by atomic mass is 32.2. The maximum atomic E-state index is 13.2. The van der Waals surface area contributed by atoms with Crippen LogP contribution in [0.3, 0.4) is 0 Å². The van der Waals surface area contributed by atoms with Gasteiger partial charge in [-0.25, -0.2) is 22.5 Å². The first-order chi connectivity index (χ1) is 11.0. The van der Waals surface area contributed by atoms with Gasteiger partial charge in [0.15, 0.2) is 0 Å². The molecule has 0 spiro atoms. The average Bonchev–Trinajstić information content (AvgIpc) is 3.05. The molecule has 3 aromatic rings. The minimum Gasteiger partial charge on any atom is -0.297 e. The molecule has 0 aliphatic rings. The highest BCUT2D eigenvalue weighted by molar-refractivity contribution is 7.91. The molecule has 0 aliphatic carbocycles. The van der Waals surface area contributed by atoms with Gasteiger partial charge in [-0.1, -0.05) is 6.07 Å². The zero-order valence-corrected chi connectivity index (χ0v) is 13.4. The predicted octanol–water partition coefficient (Wildman–Crippen LogP) is 1.58. The molecule has 2 heterocycles. The molecule has 0 unspecified atom stereocenters. The molecule has 1 N–H and O–H groups in total. The lowest BCUT2D eigenvalue weighted by Gasteiger charge is -2.08. The normalized spacial score (nSPS) is 11.9. The lowest BCUT2D eigenvalue weighted by molar-refractivity contribution is 0.571. The summed E-state index contributed by atoms with van der Waals surface area (Å²) in [6.07, 6.45) is 1.32. The van der Waals surface area contributed by atoms with Crippen molar-refractivity contribution in [3.8, 4) is 0 Å². The molecule has 0 amide bonds. The molecule has 6 nitrogen and oxygen atoms in total. The second-order valence-electron chi connectivity index (χ2n) is 4.73. The number of sulfonamides is 1. The molecule has 0 saturated heterocycles. The first-order valence-corrected chi connectivity index (χ1v) is 9.01. The van der Waals surface area contributed by atoms with Crippen molar-refractivity contribution < 1.29 is 12.8 Å². The van der Waals surface area contributed by atoms with Crippen molar-refractivity contribution in [2.24, 2.45) is 0 Å².